The van der Waals surface area contributed by atoms with Crippen LogP contribution >= 0.6 is 0 Å². The van der Waals surface area contributed by atoms with E-state index >= 15 is 0 Å². The Bertz CT molecular complexity index is 579. The smallest absolute Gasteiger partial charge is 0.178 e. The van der Waals surface area contributed by atoms with Crippen LogP contribution in [0.2, 0.25) is 0 Å². The van der Waals surface area contributed by atoms with Gasteiger partial charge in [0.15, 0.2) is 9.84 Å². The quantitative estimate of drug-likeness (QED) is 0.924. The van der Waals surface area contributed by atoms with Gasteiger partial charge >= 0.3 is 0 Å². The number of nitrogens with one attached hydrogen (secondary N) is 1. The highest BCUT2D eigenvalue weighted by Gasteiger charge is 2.35. The van der Waals surface area contributed by atoms with Gasteiger partial charge < -0.3 is 10.1 Å². The summed E-state index contributed by atoms with van der Waals surface area (Å²) in [5.41, 5.74) is 0.929. The zero-order chi connectivity index (χ0) is 14.2. The maximum atomic E-state index is 12.1. The summed E-state index contributed by atoms with van der Waals surface area (Å²) in [7, 11) is -3.08. The van der Waals surface area contributed by atoms with E-state index in [0.29, 0.717) is 23.5 Å². The lowest BCUT2D eigenvalue weighted by atomic mass is 9.87. The number of fused-ring (bicyclic) bond motifs is 1. The van der Waals surface area contributed by atoms with Crippen LogP contribution in [0.4, 0.5) is 0 Å². The van der Waals surface area contributed by atoms with Gasteiger partial charge in [-0.25, -0.2) is 8.42 Å². The predicted octanol–water partition coefficient (Wildman–Crippen LogP) is 2.06. The van der Waals surface area contributed by atoms with Crippen molar-refractivity contribution in [1.29, 1.82) is 0 Å². The lowest BCUT2D eigenvalue weighted by Gasteiger charge is -2.39. The van der Waals surface area contributed by atoms with E-state index in [2.05, 4.69) is 5.32 Å². The van der Waals surface area contributed by atoms with Gasteiger partial charge in [-0.2, -0.15) is 0 Å². The highest BCUT2D eigenvalue weighted by Crippen LogP contribution is 2.34. The van der Waals surface area contributed by atoms with Gasteiger partial charge in [0.25, 0.3) is 0 Å². The van der Waals surface area contributed by atoms with Gasteiger partial charge in [-0.15, -0.1) is 0 Å². The molecule has 1 aromatic rings. The minimum absolute atomic E-state index is 0.155. The van der Waals surface area contributed by atoms with Crippen LogP contribution in [0.1, 0.15) is 37.8 Å². The van der Waals surface area contributed by atoms with Gasteiger partial charge in [0.2, 0.25) is 0 Å². The van der Waals surface area contributed by atoms with Gasteiger partial charge in [-0.1, -0.05) is 18.2 Å². The minimum atomic E-state index is -3.08. The molecule has 1 heterocycles. The molecule has 1 atom stereocenters. The van der Waals surface area contributed by atoms with Gasteiger partial charge in [-0.05, 0) is 37.8 Å². The summed E-state index contributed by atoms with van der Waals surface area (Å²) in [5, 5.41) is 3.59. The van der Waals surface area contributed by atoms with Gasteiger partial charge in [0.05, 0.1) is 16.8 Å². The molecule has 1 saturated carbocycles. The SMILES string of the molecule is CCOC1CC(NC2CCS(=O)(=O)c3ccccc32)C1. The van der Waals surface area contributed by atoms with Crippen molar-refractivity contribution in [1.82, 2.24) is 5.32 Å². The molecule has 1 N–H and O–H groups in total. The normalized spacial score (nSPS) is 31.4. The van der Waals surface area contributed by atoms with Crippen LogP contribution in [0, 0.1) is 0 Å². The zero-order valence-corrected chi connectivity index (χ0v) is 12.5. The Hall–Kier alpha value is -0.910. The first-order chi connectivity index (χ1) is 9.60. The van der Waals surface area contributed by atoms with E-state index in [1.165, 1.54) is 0 Å². The van der Waals surface area contributed by atoms with E-state index in [1.54, 1.807) is 12.1 Å². The van der Waals surface area contributed by atoms with Crippen molar-refractivity contribution >= 4 is 9.84 Å². The van der Waals surface area contributed by atoms with E-state index in [1.807, 2.05) is 19.1 Å². The third kappa shape index (κ3) is 2.62. The summed E-state index contributed by atoms with van der Waals surface area (Å²) >= 11 is 0. The van der Waals surface area contributed by atoms with Crippen molar-refractivity contribution in [3.05, 3.63) is 29.8 Å². The van der Waals surface area contributed by atoms with E-state index in [0.717, 1.165) is 25.0 Å². The molecule has 1 fully saturated rings. The molecule has 0 bridgehead atoms. The van der Waals surface area contributed by atoms with Crippen molar-refractivity contribution < 1.29 is 13.2 Å². The molecule has 0 saturated heterocycles. The molecule has 1 aromatic carbocycles. The number of hydrogen-bond acceptors (Lipinski definition) is 4. The zero-order valence-electron chi connectivity index (χ0n) is 11.7. The molecule has 5 heteroatoms. The highest BCUT2D eigenvalue weighted by molar-refractivity contribution is 7.91. The fourth-order valence-electron chi connectivity index (χ4n) is 3.12. The van der Waals surface area contributed by atoms with Crippen LogP contribution in [0.3, 0.4) is 0 Å². The second-order valence-corrected chi connectivity index (χ2v) is 7.69. The molecule has 0 amide bonds. The third-order valence-electron chi connectivity index (χ3n) is 4.24. The standard InChI is InChI=1S/C15H21NO3S/c1-2-19-12-9-11(10-12)16-14-7-8-20(17,18)15-6-4-3-5-13(14)15/h3-6,11-12,14,16H,2,7-10H2,1H3. The van der Waals surface area contributed by atoms with Crippen molar-refractivity contribution in [3.8, 4) is 0 Å². The lowest BCUT2D eigenvalue weighted by Crippen LogP contribution is -2.47. The summed E-state index contributed by atoms with van der Waals surface area (Å²) in [6.45, 7) is 2.78. The van der Waals surface area contributed by atoms with Crippen LogP contribution in [0.5, 0.6) is 0 Å². The molecule has 4 nitrogen and oxygen atoms in total. The van der Waals surface area contributed by atoms with Crippen LogP contribution in [0.15, 0.2) is 29.2 Å². The van der Waals surface area contributed by atoms with Crippen LogP contribution in [0.25, 0.3) is 0 Å². The van der Waals surface area contributed by atoms with Crippen molar-refractivity contribution in [2.75, 3.05) is 12.4 Å². The van der Waals surface area contributed by atoms with Crippen LogP contribution in [-0.4, -0.2) is 32.9 Å². The number of hydrogen-bond donors (Lipinski definition) is 1. The van der Waals surface area contributed by atoms with Gasteiger partial charge in [-0.3, -0.25) is 0 Å². The van der Waals surface area contributed by atoms with Gasteiger partial charge in [0, 0.05) is 18.7 Å². The monoisotopic (exact) mass is 295 g/mol. The van der Waals surface area contributed by atoms with E-state index in [-0.39, 0.29) is 11.8 Å². The second-order valence-electron chi connectivity index (χ2n) is 5.61. The summed E-state index contributed by atoms with van der Waals surface area (Å²) in [4.78, 5) is 0.504. The first-order valence-corrected chi connectivity index (χ1v) is 8.94. The summed E-state index contributed by atoms with van der Waals surface area (Å²) in [6.07, 6.45) is 3.09. The van der Waals surface area contributed by atoms with Crippen molar-refractivity contribution in [2.45, 2.75) is 49.3 Å². The Balaban J connectivity index is 1.70. The summed E-state index contributed by atoms with van der Waals surface area (Å²) < 4.78 is 29.7. The molecule has 20 heavy (non-hydrogen) atoms. The fraction of sp³-hybridized carbons (Fsp3) is 0.600. The molecule has 0 radical (unpaired) electrons. The molecule has 2 aliphatic rings. The van der Waals surface area contributed by atoms with E-state index < -0.39 is 9.84 Å². The number of benzene rings is 1. The molecule has 110 valence electrons. The first kappa shape index (κ1) is 14.0. The average molecular weight is 295 g/mol. The van der Waals surface area contributed by atoms with E-state index in [9.17, 15) is 8.42 Å². The Labute approximate surface area is 120 Å². The highest BCUT2D eigenvalue weighted by atomic mass is 32.2. The second kappa shape index (κ2) is 5.47. The largest absolute Gasteiger partial charge is 0.378 e. The third-order valence-corrected chi connectivity index (χ3v) is 6.05. The molecular formula is C15H21NO3S. The van der Waals surface area contributed by atoms with E-state index in [4.69, 9.17) is 4.74 Å². The Kier molecular flexibility index (Phi) is 3.84. The first-order valence-electron chi connectivity index (χ1n) is 7.29. The van der Waals surface area contributed by atoms with Crippen LogP contribution in [-0.2, 0) is 14.6 Å². The van der Waals surface area contributed by atoms with Crippen molar-refractivity contribution in [3.63, 3.8) is 0 Å². The number of rotatable bonds is 4. The summed E-state index contributed by atoms with van der Waals surface area (Å²) in [6, 6.07) is 7.98. The Morgan fingerprint density at radius 2 is 2.05 bits per heavy atom. The minimum Gasteiger partial charge on any atom is -0.378 e. The molecule has 3 rings (SSSR count). The molecule has 1 unspecified atom stereocenters. The average Bonchev–Trinajstić information content (AvgIpc) is 2.39. The Morgan fingerprint density at radius 1 is 1.30 bits per heavy atom. The molecular weight excluding hydrogens is 274 g/mol. The summed E-state index contributed by atoms with van der Waals surface area (Å²) in [5.74, 6) is 0.239. The lowest BCUT2D eigenvalue weighted by molar-refractivity contribution is -0.0127. The molecule has 0 aromatic heterocycles. The Morgan fingerprint density at radius 3 is 2.80 bits per heavy atom. The molecule has 0 spiro atoms. The number of ether oxygens (including phenoxy) is 1. The number of sulfone groups is 1. The topological polar surface area (TPSA) is 55.4 Å². The predicted molar refractivity (Wildman–Crippen MR) is 77.4 cm³/mol. The van der Waals surface area contributed by atoms with Crippen molar-refractivity contribution in [2.24, 2.45) is 0 Å². The van der Waals surface area contributed by atoms with Gasteiger partial charge in [0.1, 0.15) is 0 Å². The van der Waals surface area contributed by atoms with Crippen LogP contribution < -0.4 is 5.32 Å². The molecule has 1 aliphatic carbocycles. The fourth-order valence-corrected chi connectivity index (χ4v) is 4.74. The molecule has 1 aliphatic heterocycles. The maximum absolute atomic E-state index is 12.1. The maximum Gasteiger partial charge on any atom is 0.178 e.